The van der Waals surface area contributed by atoms with Crippen molar-refractivity contribution in [1.82, 2.24) is 20.2 Å². The molecule has 2 aromatic rings. The van der Waals surface area contributed by atoms with E-state index < -0.39 is 0 Å². The molecule has 134 valence electrons. The second-order valence-electron chi connectivity index (χ2n) is 7.62. The van der Waals surface area contributed by atoms with E-state index in [9.17, 15) is 4.79 Å². The number of pyridine rings is 1. The summed E-state index contributed by atoms with van der Waals surface area (Å²) in [7, 11) is 0. The number of hydrogen-bond donors (Lipinski definition) is 2. The van der Waals surface area contributed by atoms with Crippen molar-refractivity contribution >= 4 is 16.9 Å². The SMILES string of the molecule is C[C@@H](C(=O)NC1CCCC1)N1CCC(c2c[nH]c3ncccc23)CC1. The lowest BCUT2D eigenvalue weighted by atomic mass is 9.89. The fraction of sp³-hybridized carbons (Fsp3) is 0.600. The highest BCUT2D eigenvalue weighted by molar-refractivity contribution is 5.82. The number of hydrogen-bond acceptors (Lipinski definition) is 3. The first-order valence-electron chi connectivity index (χ1n) is 9.69. The number of piperidine rings is 1. The monoisotopic (exact) mass is 340 g/mol. The summed E-state index contributed by atoms with van der Waals surface area (Å²) in [6.07, 6.45) is 11.0. The molecular weight excluding hydrogens is 312 g/mol. The van der Waals surface area contributed by atoms with Crippen LogP contribution in [-0.2, 0) is 4.79 Å². The summed E-state index contributed by atoms with van der Waals surface area (Å²) in [6, 6.07) is 4.54. The van der Waals surface area contributed by atoms with E-state index in [-0.39, 0.29) is 11.9 Å². The first kappa shape index (κ1) is 16.6. The zero-order valence-corrected chi connectivity index (χ0v) is 15.0. The average Bonchev–Trinajstić information content (AvgIpc) is 3.31. The molecule has 1 atom stereocenters. The maximum absolute atomic E-state index is 12.5. The molecule has 2 N–H and O–H groups in total. The first-order valence-corrected chi connectivity index (χ1v) is 9.69. The van der Waals surface area contributed by atoms with Crippen molar-refractivity contribution in [2.45, 2.75) is 63.5 Å². The molecule has 3 heterocycles. The third-order valence-electron chi connectivity index (χ3n) is 6.08. The highest BCUT2D eigenvalue weighted by atomic mass is 16.2. The number of carbonyl (C=O) groups is 1. The van der Waals surface area contributed by atoms with Gasteiger partial charge in [0, 0.05) is 23.8 Å². The molecule has 0 spiro atoms. The van der Waals surface area contributed by atoms with Gasteiger partial charge >= 0.3 is 0 Å². The van der Waals surface area contributed by atoms with E-state index in [0.717, 1.165) is 44.4 Å². The number of aromatic amines is 1. The van der Waals surface area contributed by atoms with Gasteiger partial charge < -0.3 is 10.3 Å². The fourth-order valence-corrected chi connectivity index (χ4v) is 4.47. The Hall–Kier alpha value is -1.88. The average molecular weight is 340 g/mol. The number of nitrogens with one attached hydrogen (secondary N) is 2. The standard InChI is InChI=1S/C20H28N4O/c1-14(20(25)23-16-5-2-3-6-16)24-11-8-15(9-12-24)18-13-22-19-17(18)7-4-10-21-19/h4,7,10,13-16H,2-3,5-6,8-9,11-12H2,1H3,(H,21,22)(H,23,25)/t14-/m0/s1. The zero-order chi connectivity index (χ0) is 17.2. The van der Waals surface area contributed by atoms with Gasteiger partial charge in [-0.05, 0) is 69.3 Å². The molecule has 5 heteroatoms. The van der Waals surface area contributed by atoms with Gasteiger partial charge in [0.1, 0.15) is 5.65 Å². The highest BCUT2D eigenvalue weighted by Crippen LogP contribution is 2.33. The summed E-state index contributed by atoms with van der Waals surface area (Å²) < 4.78 is 0. The van der Waals surface area contributed by atoms with E-state index in [1.54, 1.807) is 0 Å². The molecule has 1 aliphatic heterocycles. The van der Waals surface area contributed by atoms with Crippen LogP contribution >= 0.6 is 0 Å². The van der Waals surface area contributed by atoms with Crippen LogP contribution in [0.25, 0.3) is 11.0 Å². The van der Waals surface area contributed by atoms with Crippen molar-refractivity contribution < 1.29 is 4.79 Å². The Balaban J connectivity index is 1.35. The van der Waals surface area contributed by atoms with Gasteiger partial charge in [-0.2, -0.15) is 0 Å². The predicted octanol–water partition coefficient (Wildman–Crippen LogP) is 3.19. The van der Waals surface area contributed by atoms with E-state index in [1.807, 2.05) is 12.3 Å². The molecule has 0 bridgehead atoms. The Labute approximate surface area is 149 Å². The van der Waals surface area contributed by atoms with Gasteiger partial charge in [0.15, 0.2) is 0 Å². The second-order valence-corrected chi connectivity index (χ2v) is 7.62. The van der Waals surface area contributed by atoms with Crippen LogP contribution in [0.1, 0.15) is 56.9 Å². The minimum atomic E-state index is -0.0221. The lowest BCUT2D eigenvalue weighted by molar-refractivity contribution is -0.127. The summed E-state index contributed by atoms with van der Waals surface area (Å²) in [4.78, 5) is 22.5. The van der Waals surface area contributed by atoms with Gasteiger partial charge in [0.25, 0.3) is 0 Å². The maximum Gasteiger partial charge on any atom is 0.237 e. The van der Waals surface area contributed by atoms with Crippen molar-refractivity contribution in [3.8, 4) is 0 Å². The van der Waals surface area contributed by atoms with Crippen LogP contribution in [0.2, 0.25) is 0 Å². The quantitative estimate of drug-likeness (QED) is 0.898. The number of likely N-dealkylation sites (tertiary alicyclic amines) is 1. The highest BCUT2D eigenvalue weighted by Gasteiger charge is 2.29. The Kier molecular flexibility index (Phi) is 4.75. The van der Waals surface area contributed by atoms with Gasteiger partial charge in [0.05, 0.1) is 6.04 Å². The summed E-state index contributed by atoms with van der Waals surface area (Å²) in [5, 5.41) is 4.49. The van der Waals surface area contributed by atoms with Crippen LogP contribution in [-0.4, -0.2) is 45.9 Å². The van der Waals surface area contributed by atoms with Crippen LogP contribution in [0, 0.1) is 0 Å². The summed E-state index contributed by atoms with van der Waals surface area (Å²) in [6.45, 7) is 4.02. The molecular formula is C20H28N4O. The number of aromatic nitrogens is 2. The summed E-state index contributed by atoms with van der Waals surface area (Å²) in [5.41, 5.74) is 2.36. The number of fused-ring (bicyclic) bond motifs is 1. The molecule has 5 nitrogen and oxygen atoms in total. The lowest BCUT2D eigenvalue weighted by Gasteiger charge is -2.35. The molecule has 1 saturated carbocycles. The molecule has 2 aliphatic rings. The number of nitrogens with zero attached hydrogens (tertiary/aromatic N) is 2. The molecule has 2 aromatic heterocycles. The van der Waals surface area contributed by atoms with Crippen LogP contribution in [0.4, 0.5) is 0 Å². The molecule has 0 radical (unpaired) electrons. The topological polar surface area (TPSA) is 61.0 Å². The molecule has 1 amide bonds. The lowest BCUT2D eigenvalue weighted by Crippen LogP contribution is -2.49. The Bertz CT molecular complexity index is 726. The predicted molar refractivity (Wildman–Crippen MR) is 99.5 cm³/mol. The van der Waals surface area contributed by atoms with E-state index in [4.69, 9.17) is 0 Å². The Morgan fingerprint density at radius 3 is 2.80 bits per heavy atom. The third kappa shape index (κ3) is 3.43. The summed E-state index contributed by atoms with van der Waals surface area (Å²) in [5.74, 6) is 0.765. The van der Waals surface area contributed by atoms with E-state index in [2.05, 4.69) is 39.4 Å². The maximum atomic E-state index is 12.5. The summed E-state index contributed by atoms with van der Waals surface area (Å²) >= 11 is 0. The molecule has 4 rings (SSSR count). The van der Waals surface area contributed by atoms with Crippen molar-refractivity contribution in [2.75, 3.05) is 13.1 Å². The smallest absolute Gasteiger partial charge is 0.237 e. The van der Waals surface area contributed by atoms with Gasteiger partial charge in [-0.1, -0.05) is 12.8 Å². The minimum absolute atomic E-state index is 0.0221. The largest absolute Gasteiger partial charge is 0.352 e. The van der Waals surface area contributed by atoms with Crippen LogP contribution < -0.4 is 5.32 Å². The molecule has 1 saturated heterocycles. The van der Waals surface area contributed by atoms with Crippen molar-refractivity contribution in [3.63, 3.8) is 0 Å². The van der Waals surface area contributed by atoms with Crippen LogP contribution in [0.5, 0.6) is 0 Å². The van der Waals surface area contributed by atoms with E-state index >= 15 is 0 Å². The first-order chi connectivity index (χ1) is 12.2. The number of amides is 1. The molecule has 0 unspecified atom stereocenters. The van der Waals surface area contributed by atoms with Crippen molar-refractivity contribution in [3.05, 3.63) is 30.1 Å². The van der Waals surface area contributed by atoms with E-state index in [1.165, 1.54) is 23.8 Å². The number of rotatable bonds is 4. The Morgan fingerprint density at radius 2 is 2.04 bits per heavy atom. The normalized spacial score (nSPS) is 21.6. The van der Waals surface area contributed by atoms with E-state index in [0.29, 0.717) is 12.0 Å². The number of carbonyl (C=O) groups excluding carboxylic acids is 1. The van der Waals surface area contributed by atoms with Gasteiger partial charge in [-0.3, -0.25) is 9.69 Å². The zero-order valence-electron chi connectivity index (χ0n) is 15.0. The van der Waals surface area contributed by atoms with Gasteiger partial charge in [-0.25, -0.2) is 4.98 Å². The van der Waals surface area contributed by atoms with Gasteiger partial charge in [0.2, 0.25) is 5.91 Å². The third-order valence-corrected chi connectivity index (χ3v) is 6.08. The number of H-pyrrole nitrogens is 1. The molecule has 0 aromatic carbocycles. The van der Waals surface area contributed by atoms with Crippen molar-refractivity contribution in [2.24, 2.45) is 0 Å². The second kappa shape index (κ2) is 7.16. The molecule has 2 fully saturated rings. The van der Waals surface area contributed by atoms with Crippen molar-refractivity contribution in [1.29, 1.82) is 0 Å². The van der Waals surface area contributed by atoms with Crippen LogP contribution in [0.15, 0.2) is 24.5 Å². The Morgan fingerprint density at radius 1 is 1.28 bits per heavy atom. The molecule has 1 aliphatic carbocycles. The molecule has 25 heavy (non-hydrogen) atoms. The fourth-order valence-electron chi connectivity index (χ4n) is 4.47. The van der Waals surface area contributed by atoms with Gasteiger partial charge in [-0.15, -0.1) is 0 Å². The van der Waals surface area contributed by atoms with Crippen LogP contribution in [0.3, 0.4) is 0 Å². The minimum Gasteiger partial charge on any atom is -0.352 e.